The van der Waals surface area contributed by atoms with E-state index in [1.54, 1.807) is 0 Å². The van der Waals surface area contributed by atoms with Gasteiger partial charge in [-0.1, -0.05) is 128 Å². The van der Waals surface area contributed by atoms with Gasteiger partial charge in [0.05, 0.1) is 26.7 Å². The third-order valence-corrected chi connectivity index (χ3v) is 7.64. The Kier molecular flexibility index (Phi) is 19.7. The summed E-state index contributed by atoms with van der Waals surface area (Å²) in [5.74, 6) is 0. The minimum Gasteiger partial charge on any atom is -0.361 e. The monoisotopic (exact) mass is 552 g/mol. The molecule has 0 saturated carbocycles. The van der Waals surface area contributed by atoms with Crippen molar-refractivity contribution in [1.29, 1.82) is 0 Å². The first-order valence-electron chi connectivity index (χ1n) is 16.5. The van der Waals surface area contributed by atoms with Crippen LogP contribution in [0, 0.1) is 0 Å². The summed E-state index contributed by atoms with van der Waals surface area (Å²) in [6, 6.07) is 17.7. The summed E-state index contributed by atoms with van der Waals surface area (Å²) in [7, 11) is 0. The maximum Gasteiger partial charge on any atom is 0.0994 e. The minimum absolute atomic E-state index is 0.669. The van der Waals surface area contributed by atoms with Gasteiger partial charge in [0.2, 0.25) is 0 Å². The fourth-order valence-corrected chi connectivity index (χ4v) is 5.00. The summed E-state index contributed by atoms with van der Waals surface area (Å²) >= 11 is 0. The molecule has 0 radical (unpaired) electrons. The second-order valence-corrected chi connectivity index (χ2v) is 11.4. The SMILES string of the molecule is CCCCCN(CCCCC)COCc1ccc(-c2ccc(COCN(CCCCC)CCCCC)cc2)cc1. The summed E-state index contributed by atoms with van der Waals surface area (Å²) in [5.41, 5.74) is 4.96. The Morgan fingerprint density at radius 1 is 0.425 bits per heavy atom. The first-order valence-corrected chi connectivity index (χ1v) is 16.5. The van der Waals surface area contributed by atoms with Crippen LogP contribution in [0.1, 0.15) is 116 Å². The molecule has 0 N–H and O–H groups in total. The summed E-state index contributed by atoms with van der Waals surface area (Å²) in [5, 5.41) is 0. The number of nitrogens with zero attached hydrogens (tertiary/aromatic N) is 2. The summed E-state index contributed by atoms with van der Waals surface area (Å²) < 4.78 is 12.2. The fourth-order valence-electron chi connectivity index (χ4n) is 5.00. The van der Waals surface area contributed by atoms with Crippen LogP contribution in [0.4, 0.5) is 0 Å². The normalized spacial score (nSPS) is 11.7. The van der Waals surface area contributed by atoms with Crippen LogP contribution in [-0.2, 0) is 22.7 Å². The van der Waals surface area contributed by atoms with Crippen LogP contribution < -0.4 is 0 Å². The molecule has 2 rings (SSSR count). The lowest BCUT2D eigenvalue weighted by molar-refractivity contribution is 0.0169. The molecule has 4 nitrogen and oxygen atoms in total. The number of unbranched alkanes of at least 4 members (excludes halogenated alkanes) is 8. The van der Waals surface area contributed by atoms with E-state index < -0.39 is 0 Å². The van der Waals surface area contributed by atoms with E-state index >= 15 is 0 Å². The van der Waals surface area contributed by atoms with E-state index in [4.69, 9.17) is 9.47 Å². The molecule has 0 bridgehead atoms. The Hall–Kier alpha value is -1.72. The molecule has 226 valence electrons. The van der Waals surface area contributed by atoms with Crippen LogP contribution in [0.15, 0.2) is 48.5 Å². The van der Waals surface area contributed by atoms with Gasteiger partial charge in [0.1, 0.15) is 0 Å². The van der Waals surface area contributed by atoms with Crippen molar-refractivity contribution >= 4 is 0 Å². The van der Waals surface area contributed by atoms with E-state index in [9.17, 15) is 0 Å². The number of rotatable bonds is 25. The van der Waals surface area contributed by atoms with Gasteiger partial charge in [0.25, 0.3) is 0 Å². The van der Waals surface area contributed by atoms with Crippen LogP contribution >= 0.6 is 0 Å². The molecule has 0 aliphatic heterocycles. The van der Waals surface area contributed by atoms with Gasteiger partial charge in [-0.25, -0.2) is 0 Å². The van der Waals surface area contributed by atoms with Gasteiger partial charge in [-0.05, 0) is 47.9 Å². The largest absolute Gasteiger partial charge is 0.361 e. The maximum absolute atomic E-state index is 6.12. The third kappa shape index (κ3) is 15.3. The Morgan fingerprint density at radius 2 is 0.725 bits per heavy atom. The molecule has 40 heavy (non-hydrogen) atoms. The number of hydrogen-bond acceptors (Lipinski definition) is 4. The van der Waals surface area contributed by atoms with Gasteiger partial charge in [-0.15, -0.1) is 0 Å². The average molecular weight is 553 g/mol. The Morgan fingerprint density at radius 3 is 1.00 bits per heavy atom. The number of benzene rings is 2. The van der Waals surface area contributed by atoms with Gasteiger partial charge in [-0.2, -0.15) is 0 Å². The molecule has 0 atom stereocenters. The highest BCUT2D eigenvalue weighted by molar-refractivity contribution is 5.63. The molecule has 0 spiro atoms. The molecule has 0 aliphatic carbocycles. The first-order chi connectivity index (χ1) is 19.7. The molecular formula is C36H60N2O2. The maximum atomic E-state index is 6.12. The molecule has 4 heteroatoms. The van der Waals surface area contributed by atoms with E-state index in [1.807, 2.05) is 0 Å². The third-order valence-electron chi connectivity index (χ3n) is 7.64. The van der Waals surface area contributed by atoms with E-state index in [1.165, 1.54) is 99.3 Å². The van der Waals surface area contributed by atoms with Crippen molar-refractivity contribution in [2.75, 3.05) is 39.6 Å². The highest BCUT2D eigenvalue weighted by Gasteiger charge is 2.07. The second-order valence-electron chi connectivity index (χ2n) is 11.4. The highest BCUT2D eigenvalue weighted by atomic mass is 16.5. The van der Waals surface area contributed by atoms with Crippen molar-refractivity contribution in [3.8, 4) is 11.1 Å². The van der Waals surface area contributed by atoms with E-state index in [2.05, 4.69) is 86.0 Å². The summed E-state index contributed by atoms with van der Waals surface area (Å²) in [6.07, 6.45) is 15.3. The molecule has 0 amide bonds. The van der Waals surface area contributed by atoms with Gasteiger partial charge in [0.15, 0.2) is 0 Å². The van der Waals surface area contributed by atoms with Crippen molar-refractivity contribution in [3.63, 3.8) is 0 Å². The van der Waals surface area contributed by atoms with Crippen molar-refractivity contribution in [1.82, 2.24) is 9.80 Å². The molecule has 0 fully saturated rings. The van der Waals surface area contributed by atoms with Crippen molar-refractivity contribution in [3.05, 3.63) is 59.7 Å². The Balaban J connectivity index is 1.77. The van der Waals surface area contributed by atoms with Crippen LogP contribution in [0.3, 0.4) is 0 Å². The lowest BCUT2D eigenvalue weighted by atomic mass is 10.0. The average Bonchev–Trinajstić information content (AvgIpc) is 2.98. The molecule has 0 saturated heterocycles. The van der Waals surface area contributed by atoms with Gasteiger partial charge >= 0.3 is 0 Å². The van der Waals surface area contributed by atoms with Gasteiger partial charge < -0.3 is 9.47 Å². The smallest absolute Gasteiger partial charge is 0.0994 e. The topological polar surface area (TPSA) is 24.9 Å². The van der Waals surface area contributed by atoms with Crippen LogP contribution in [0.5, 0.6) is 0 Å². The molecule has 2 aromatic rings. The predicted molar refractivity (Wildman–Crippen MR) is 172 cm³/mol. The van der Waals surface area contributed by atoms with Crippen molar-refractivity contribution < 1.29 is 9.47 Å². The quantitative estimate of drug-likeness (QED) is 0.0904. The lowest BCUT2D eigenvalue weighted by Crippen LogP contribution is -2.28. The van der Waals surface area contributed by atoms with E-state index in [0.717, 1.165) is 39.6 Å². The molecule has 0 heterocycles. The van der Waals surface area contributed by atoms with E-state index in [-0.39, 0.29) is 0 Å². The molecular weight excluding hydrogens is 492 g/mol. The molecule has 2 aromatic carbocycles. The van der Waals surface area contributed by atoms with Gasteiger partial charge in [-0.3, -0.25) is 9.80 Å². The zero-order valence-electron chi connectivity index (χ0n) is 26.5. The highest BCUT2D eigenvalue weighted by Crippen LogP contribution is 2.21. The minimum atomic E-state index is 0.669. The zero-order chi connectivity index (χ0) is 28.7. The predicted octanol–water partition coefficient (Wildman–Crippen LogP) is 9.67. The van der Waals surface area contributed by atoms with Crippen LogP contribution in [-0.4, -0.2) is 49.4 Å². The molecule has 0 unspecified atom stereocenters. The number of ether oxygens (including phenoxy) is 2. The Labute approximate surface area is 247 Å². The van der Waals surface area contributed by atoms with Crippen LogP contribution in [0.25, 0.3) is 11.1 Å². The van der Waals surface area contributed by atoms with Crippen molar-refractivity contribution in [2.24, 2.45) is 0 Å². The standard InChI is InChI=1S/C36H60N2O2/c1-5-9-13-25-37(26-14-10-6-2)31-39-29-33-17-21-35(22-18-33)36-23-19-34(20-24-36)30-40-32-38(27-15-11-7-3)28-16-12-8-4/h17-24H,5-16,25-32H2,1-4H3. The number of hydrogen-bond donors (Lipinski definition) is 0. The molecule has 0 aliphatic rings. The van der Waals surface area contributed by atoms with Crippen molar-refractivity contribution in [2.45, 2.75) is 118 Å². The summed E-state index contributed by atoms with van der Waals surface area (Å²) in [6.45, 7) is 16.5. The first kappa shape index (κ1) is 34.5. The Bertz CT molecular complexity index is 745. The zero-order valence-corrected chi connectivity index (χ0v) is 26.5. The fraction of sp³-hybridized carbons (Fsp3) is 0.667. The molecule has 0 aromatic heterocycles. The van der Waals surface area contributed by atoms with Crippen LogP contribution in [0.2, 0.25) is 0 Å². The summed E-state index contributed by atoms with van der Waals surface area (Å²) in [4.78, 5) is 4.98. The van der Waals surface area contributed by atoms with E-state index in [0.29, 0.717) is 13.2 Å². The lowest BCUT2D eigenvalue weighted by Gasteiger charge is -2.22. The van der Waals surface area contributed by atoms with Gasteiger partial charge in [0, 0.05) is 26.2 Å². The second kappa shape index (κ2) is 22.9.